The van der Waals surface area contributed by atoms with Gasteiger partial charge in [0.2, 0.25) is 0 Å². The van der Waals surface area contributed by atoms with Gasteiger partial charge in [0.15, 0.2) is 0 Å². The summed E-state index contributed by atoms with van der Waals surface area (Å²) in [4.78, 5) is 0. The Hall–Kier alpha value is -1.48. The molecule has 0 unspecified atom stereocenters. The Morgan fingerprint density at radius 2 is 1.79 bits per heavy atom. The maximum Gasteiger partial charge on any atom is 0.140 e. The number of anilines is 1. The summed E-state index contributed by atoms with van der Waals surface area (Å²) in [7, 11) is 0. The van der Waals surface area contributed by atoms with Gasteiger partial charge in [0.05, 0.1) is 12.2 Å². The number of hydrogen-bond donors (Lipinski definition) is 1. The second kappa shape index (κ2) is 5.25. The van der Waals surface area contributed by atoms with Crippen molar-refractivity contribution in [1.29, 1.82) is 0 Å². The second-order valence-corrected chi connectivity index (χ2v) is 5.65. The van der Waals surface area contributed by atoms with E-state index in [9.17, 15) is 0 Å². The van der Waals surface area contributed by atoms with Crippen LogP contribution in [0.15, 0.2) is 36.5 Å². The number of benzene rings is 1. The average Bonchev–Trinajstić information content (AvgIpc) is 2.80. The molecule has 4 heteroatoms. The zero-order chi connectivity index (χ0) is 13.2. The van der Waals surface area contributed by atoms with Gasteiger partial charge in [-0.3, -0.25) is 0 Å². The van der Waals surface area contributed by atoms with Gasteiger partial charge in [-0.1, -0.05) is 41.9 Å². The van der Waals surface area contributed by atoms with E-state index in [2.05, 4.69) is 35.4 Å². The van der Waals surface area contributed by atoms with Crippen LogP contribution in [0.3, 0.4) is 0 Å². The molecule has 3 nitrogen and oxygen atoms in total. The molecule has 0 aliphatic heterocycles. The van der Waals surface area contributed by atoms with E-state index in [-0.39, 0.29) is 0 Å². The SMILES string of the molecule is Nc1c(Cl)cnn1C1CCC(c2ccccc2)CC1. The first-order valence-corrected chi connectivity index (χ1v) is 7.17. The monoisotopic (exact) mass is 275 g/mol. The molecule has 1 aromatic carbocycles. The van der Waals surface area contributed by atoms with Gasteiger partial charge in [0, 0.05) is 0 Å². The van der Waals surface area contributed by atoms with Crippen molar-refractivity contribution in [3.8, 4) is 0 Å². The lowest BCUT2D eigenvalue weighted by Gasteiger charge is -2.29. The number of rotatable bonds is 2. The summed E-state index contributed by atoms with van der Waals surface area (Å²) in [5.74, 6) is 1.27. The molecule has 0 spiro atoms. The fraction of sp³-hybridized carbons (Fsp3) is 0.400. The minimum absolute atomic E-state index is 0.396. The van der Waals surface area contributed by atoms with Gasteiger partial charge in [-0.05, 0) is 37.2 Å². The van der Waals surface area contributed by atoms with Crippen LogP contribution in [0.25, 0.3) is 0 Å². The van der Waals surface area contributed by atoms with Gasteiger partial charge < -0.3 is 5.73 Å². The Balaban J connectivity index is 1.68. The van der Waals surface area contributed by atoms with E-state index in [0.29, 0.717) is 22.8 Å². The van der Waals surface area contributed by atoms with Crippen LogP contribution in [0.1, 0.15) is 43.2 Å². The van der Waals surface area contributed by atoms with Crippen molar-refractivity contribution in [3.63, 3.8) is 0 Å². The topological polar surface area (TPSA) is 43.8 Å². The molecule has 0 saturated heterocycles. The first-order chi connectivity index (χ1) is 9.25. The third-order valence-corrected chi connectivity index (χ3v) is 4.39. The lowest BCUT2D eigenvalue weighted by Crippen LogP contribution is -2.19. The molecule has 1 heterocycles. The molecule has 1 aliphatic rings. The molecule has 0 bridgehead atoms. The minimum atomic E-state index is 0.396. The molecule has 0 amide bonds. The Labute approximate surface area is 118 Å². The number of halogens is 1. The number of nitrogens with two attached hydrogens (primary N) is 1. The molecule has 1 fully saturated rings. The highest BCUT2D eigenvalue weighted by atomic mass is 35.5. The zero-order valence-corrected chi connectivity index (χ0v) is 11.6. The van der Waals surface area contributed by atoms with Gasteiger partial charge in [-0.15, -0.1) is 0 Å². The van der Waals surface area contributed by atoms with E-state index < -0.39 is 0 Å². The standard InChI is InChI=1S/C15H18ClN3/c16-14-10-18-19(15(14)17)13-8-6-12(7-9-13)11-4-2-1-3-5-11/h1-5,10,12-13H,6-9,17H2. The molecule has 1 aromatic heterocycles. The Kier molecular flexibility index (Phi) is 3.47. The van der Waals surface area contributed by atoms with Crippen LogP contribution in [0.2, 0.25) is 5.02 Å². The number of nitrogens with zero attached hydrogens (tertiary/aromatic N) is 2. The largest absolute Gasteiger partial charge is 0.383 e. The average molecular weight is 276 g/mol. The molecule has 1 aliphatic carbocycles. The van der Waals surface area contributed by atoms with Crippen molar-refractivity contribution in [2.45, 2.75) is 37.6 Å². The van der Waals surface area contributed by atoms with Gasteiger partial charge >= 0.3 is 0 Å². The number of nitrogen functional groups attached to an aromatic ring is 1. The lowest BCUT2D eigenvalue weighted by molar-refractivity contribution is 0.307. The maximum absolute atomic E-state index is 5.96. The maximum atomic E-state index is 5.96. The summed E-state index contributed by atoms with van der Waals surface area (Å²) in [6.45, 7) is 0. The van der Waals surface area contributed by atoms with Crippen LogP contribution in [-0.4, -0.2) is 9.78 Å². The van der Waals surface area contributed by atoms with E-state index >= 15 is 0 Å². The van der Waals surface area contributed by atoms with Crippen molar-refractivity contribution in [1.82, 2.24) is 9.78 Å². The molecule has 19 heavy (non-hydrogen) atoms. The minimum Gasteiger partial charge on any atom is -0.383 e. The van der Waals surface area contributed by atoms with Crippen molar-refractivity contribution in [2.24, 2.45) is 0 Å². The zero-order valence-electron chi connectivity index (χ0n) is 10.8. The third-order valence-electron chi connectivity index (χ3n) is 4.10. The highest BCUT2D eigenvalue weighted by Crippen LogP contribution is 2.39. The molecular formula is C15H18ClN3. The van der Waals surface area contributed by atoms with Crippen LogP contribution in [0.5, 0.6) is 0 Å². The summed E-state index contributed by atoms with van der Waals surface area (Å²) >= 11 is 5.96. The summed E-state index contributed by atoms with van der Waals surface area (Å²) in [5.41, 5.74) is 7.40. The summed E-state index contributed by atoms with van der Waals surface area (Å²) in [6.07, 6.45) is 6.24. The first kappa shape index (κ1) is 12.5. The van der Waals surface area contributed by atoms with Crippen molar-refractivity contribution in [2.75, 3.05) is 5.73 Å². The number of hydrogen-bond acceptors (Lipinski definition) is 2. The van der Waals surface area contributed by atoms with Crippen molar-refractivity contribution in [3.05, 3.63) is 47.1 Å². The molecule has 0 radical (unpaired) electrons. The smallest absolute Gasteiger partial charge is 0.140 e. The fourth-order valence-corrected chi connectivity index (χ4v) is 3.15. The van der Waals surface area contributed by atoms with E-state index in [4.69, 9.17) is 17.3 Å². The molecule has 3 rings (SSSR count). The molecule has 2 N–H and O–H groups in total. The van der Waals surface area contributed by atoms with Crippen molar-refractivity contribution < 1.29 is 0 Å². The highest BCUT2D eigenvalue weighted by molar-refractivity contribution is 6.32. The van der Waals surface area contributed by atoms with Gasteiger partial charge in [0.25, 0.3) is 0 Å². The summed E-state index contributed by atoms with van der Waals surface area (Å²) in [6, 6.07) is 11.2. The predicted molar refractivity (Wildman–Crippen MR) is 78.3 cm³/mol. The molecule has 0 atom stereocenters. The van der Waals surface area contributed by atoms with E-state index in [1.54, 1.807) is 6.20 Å². The number of aromatic nitrogens is 2. The van der Waals surface area contributed by atoms with E-state index in [1.807, 2.05) is 4.68 Å². The van der Waals surface area contributed by atoms with Gasteiger partial charge in [-0.2, -0.15) is 5.10 Å². The quantitative estimate of drug-likeness (QED) is 0.900. The summed E-state index contributed by atoms with van der Waals surface area (Å²) < 4.78 is 1.89. The van der Waals surface area contributed by atoms with Crippen LogP contribution in [-0.2, 0) is 0 Å². The summed E-state index contributed by atoms with van der Waals surface area (Å²) in [5, 5.41) is 4.86. The molecular weight excluding hydrogens is 258 g/mol. The van der Waals surface area contributed by atoms with Crippen LogP contribution >= 0.6 is 11.6 Å². The molecule has 1 saturated carbocycles. The lowest BCUT2D eigenvalue weighted by atomic mass is 9.82. The van der Waals surface area contributed by atoms with Crippen LogP contribution in [0, 0.1) is 0 Å². The van der Waals surface area contributed by atoms with Gasteiger partial charge in [0.1, 0.15) is 10.8 Å². The Bertz CT molecular complexity index is 542. The Morgan fingerprint density at radius 3 is 2.37 bits per heavy atom. The van der Waals surface area contributed by atoms with Crippen LogP contribution < -0.4 is 5.73 Å². The molecule has 2 aromatic rings. The van der Waals surface area contributed by atoms with Gasteiger partial charge in [-0.25, -0.2) is 4.68 Å². The third kappa shape index (κ3) is 2.47. The van der Waals surface area contributed by atoms with E-state index in [0.717, 1.165) is 12.8 Å². The fourth-order valence-electron chi connectivity index (χ4n) is 3.02. The highest BCUT2D eigenvalue weighted by Gasteiger charge is 2.25. The van der Waals surface area contributed by atoms with E-state index in [1.165, 1.54) is 18.4 Å². The Morgan fingerprint density at radius 1 is 1.11 bits per heavy atom. The van der Waals surface area contributed by atoms with Crippen molar-refractivity contribution >= 4 is 17.4 Å². The van der Waals surface area contributed by atoms with Crippen LogP contribution in [0.4, 0.5) is 5.82 Å². The first-order valence-electron chi connectivity index (χ1n) is 6.79. The normalized spacial score (nSPS) is 23.4. The second-order valence-electron chi connectivity index (χ2n) is 5.24. The molecule has 100 valence electrons. The predicted octanol–water partition coefficient (Wildman–Crippen LogP) is 4.02.